The quantitative estimate of drug-likeness (QED) is 0.635. The second-order valence-corrected chi connectivity index (χ2v) is 4.33. The van der Waals surface area contributed by atoms with Crippen LogP contribution in [0.15, 0.2) is 23.4 Å². The van der Waals surface area contributed by atoms with Gasteiger partial charge in [-0.2, -0.15) is 0 Å². The standard InChI is InChI=1S/C10H11FN4S/c1-6-13-10(15-14-6)16-5-7-2-8(11)4-9(12)3-7/h2-4H,5,12H2,1H3,(H,13,14,15). The van der Waals surface area contributed by atoms with E-state index in [9.17, 15) is 4.39 Å². The van der Waals surface area contributed by atoms with Gasteiger partial charge >= 0.3 is 0 Å². The molecular formula is C10H11FN4S. The number of benzene rings is 1. The summed E-state index contributed by atoms with van der Waals surface area (Å²) >= 11 is 1.44. The van der Waals surface area contributed by atoms with E-state index in [1.165, 1.54) is 23.9 Å². The van der Waals surface area contributed by atoms with Crippen molar-refractivity contribution in [3.8, 4) is 0 Å². The van der Waals surface area contributed by atoms with Gasteiger partial charge in [0.25, 0.3) is 0 Å². The number of nitrogen functional groups attached to an aromatic ring is 1. The minimum Gasteiger partial charge on any atom is -0.399 e. The highest BCUT2D eigenvalue weighted by atomic mass is 32.2. The van der Waals surface area contributed by atoms with Crippen molar-refractivity contribution in [3.05, 3.63) is 35.4 Å². The molecule has 0 radical (unpaired) electrons. The third-order valence-electron chi connectivity index (χ3n) is 1.92. The lowest BCUT2D eigenvalue weighted by molar-refractivity contribution is 0.627. The summed E-state index contributed by atoms with van der Waals surface area (Å²) in [6.07, 6.45) is 0. The van der Waals surface area contributed by atoms with E-state index in [2.05, 4.69) is 15.2 Å². The number of nitrogens with two attached hydrogens (primary N) is 1. The van der Waals surface area contributed by atoms with Gasteiger partial charge in [-0.15, -0.1) is 5.10 Å². The SMILES string of the molecule is Cc1nc(SCc2cc(N)cc(F)c2)n[nH]1. The first-order valence-electron chi connectivity index (χ1n) is 4.70. The lowest BCUT2D eigenvalue weighted by Gasteiger charge is -2.01. The van der Waals surface area contributed by atoms with Crippen molar-refractivity contribution in [2.75, 3.05) is 5.73 Å². The van der Waals surface area contributed by atoms with E-state index in [0.717, 1.165) is 11.4 Å². The van der Waals surface area contributed by atoms with Gasteiger partial charge in [0.15, 0.2) is 0 Å². The van der Waals surface area contributed by atoms with Gasteiger partial charge in [0.1, 0.15) is 11.6 Å². The minimum absolute atomic E-state index is 0.318. The van der Waals surface area contributed by atoms with Crippen LogP contribution in [0, 0.1) is 12.7 Å². The van der Waals surface area contributed by atoms with Crippen LogP contribution in [0.1, 0.15) is 11.4 Å². The minimum atomic E-state index is -0.318. The summed E-state index contributed by atoms with van der Waals surface area (Å²) in [6, 6.07) is 4.50. The Labute approximate surface area is 96.5 Å². The molecule has 2 aromatic rings. The maximum atomic E-state index is 13.0. The number of hydrogen-bond acceptors (Lipinski definition) is 4. The van der Waals surface area contributed by atoms with Crippen molar-refractivity contribution >= 4 is 17.4 Å². The first kappa shape index (κ1) is 10.9. The number of thioether (sulfide) groups is 1. The summed E-state index contributed by atoms with van der Waals surface area (Å²) in [6.45, 7) is 1.83. The molecule has 2 rings (SSSR count). The Hall–Kier alpha value is -1.56. The fourth-order valence-electron chi connectivity index (χ4n) is 1.29. The van der Waals surface area contributed by atoms with Gasteiger partial charge in [0.05, 0.1) is 0 Å². The predicted molar refractivity (Wildman–Crippen MR) is 61.5 cm³/mol. The van der Waals surface area contributed by atoms with Crippen molar-refractivity contribution in [1.82, 2.24) is 15.2 Å². The molecule has 0 amide bonds. The molecule has 1 aromatic heterocycles. The van der Waals surface area contributed by atoms with E-state index in [0.29, 0.717) is 16.6 Å². The summed E-state index contributed by atoms with van der Waals surface area (Å²) in [7, 11) is 0. The molecule has 0 spiro atoms. The van der Waals surface area contributed by atoms with Crippen LogP contribution in [0.4, 0.5) is 10.1 Å². The number of nitrogens with one attached hydrogen (secondary N) is 1. The summed E-state index contributed by atoms with van der Waals surface area (Å²) < 4.78 is 13.0. The summed E-state index contributed by atoms with van der Waals surface area (Å²) in [5, 5.41) is 7.38. The van der Waals surface area contributed by atoms with Crippen LogP contribution >= 0.6 is 11.8 Å². The van der Waals surface area contributed by atoms with Crippen LogP contribution in [0.2, 0.25) is 0 Å². The van der Waals surface area contributed by atoms with Crippen LogP contribution in [0.5, 0.6) is 0 Å². The Morgan fingerprint density at radius 3 is 2.88 bits per heavy atom. The maximum Gasteiger partial charge on any atom is 0.208 e. The van der Waals surface area contributed by atoms with E-state index in [1.54, 1.807) is 6.07 Å². The van der Waals surface area contributed by atoms with Crippen LogP contribution in [-0.4, -0.2) is 15.2 Å². The number of anilines is 1. The first-order valence-corrected chi connectivity index (χ1v) is 5.69. The molecule has 0 saturated heterocycles. The Morgan fingerprint density at radius 2 is 2.25 bits per heavy atom. The number of rotatable bonds is 3. The molecule has 6 heteroatoms. The molecule has 16 heavy (non-hydrogen) atoms. The maximum absolute atomic E-state index is 13.0. The topological polar surface area (TPSA) is 67.6 Å². The van der Waals surface area contributed by atoms with Crippen molar-refractivity contribution in [2.45, 2.75) is 17.8 Å². The fourth-order valence-corrected chi connectivity index (χ4v) is 2.07. The number of nitrogens with zero attached hydrogens (tertiary/aromatic N) is 2. The van der Waals surface area contributed by atoms with Gasteiger partial charge in [0, 0.05) is 11.4 Å². The molecule has 0 aliphatic heterocycles. The molecule has 1 heterocycles. The normalized spacial score (nSPS) is 10.6. The number of halogens is 1. The van der Waals surface area contributed by atoms with Crippen molar-refractivity contribution < 1.29 is 4.39 Å². The monoisotopic (exact) mass is 238 g/mol. The van der Waals surface area contributed by atoms with Crippen LogP contribution < -0.4 is 5.73 Å². The average molecular weight is 238 g/mol. The highest BCUT2D eigenvalue weighted by Crippen LogP contribution is 2.21. The molecule has 0 atom stereocenters. The third kappa shape index (κ3) is 2.73. The first-order chi connectivity index (χ1) is 7.63. The van der Waals surface area contributed by atoms with Gasteiger partial charge in [-0.25, -0.2) is 9.37 Å². The number of hydrogen-bond donors (Lipinski definition) is 2. The molecule has 0 fully saturated rings. The number of aromatic amines is 1. The van der Waals surface area contributed by atoms with E-state index in [-0.39, 0.29) is 5.82 Å². The Bertz CT molecular complexity index is 477. The molecule has 0 aliphatic rings. The number of aryl methyl sites for hydroxylation is 1. The van der Waals surface area contributed by atoms with Gasteiger partial charge in [0.2, 0.25) is 5.16 Å². The van der Waals surface area contributed by atoms with Crippen molar-refractivity contribution in [1.29, 1.82) is 0 Å². The Kier molecular flexibility index (Phi) is 3.09. The fraction of sp³-hybridized carbons (Fsp3) is 0.200. The molecule has 0 aliphatic carbocycles. The zero-order chi connectivity index (χ0) is 11.5. The summed E-state index contributed by atoms with van der Waals surface area (Å²) in [5.41, 5.74) is 6.80. The number of aromatic nitrogens is 3. The lowest BCUT2D eigenvalue weighted by Crippen LogP contribution is -1.90. The van der Waals surface area contributed by atoms with Crippen LogP contribution in [0.25, 0.3) is 0 Å². The van der Waals surface area contributed by atoms with Crippen molar-refractivity contribution in [3.63, 3.8) is 0 Å². The van der Waals surface area contributed by atoms with Gasteiger partial charge < -0.3 is 5.73 Å². The van der Waals surface area contributed by atoms with E-state index in [4.69, 9.17) is 5.73 Å². The van der Waals surface area contributed by atoms with Gasteiger partial charge in [-0.3, -0.25) is 5.10 Å². The third-order valence-corrected chi connectivity index (χ3v) is 2.84. The lowest BCUT2D eigenvalue weighted by atomic mass is 10.2. The summed E-state index contributed by atoms with van der Waals surface area (Å²) in [4.78, 5) is 4.14. The van der Waals surface area contributed by atoms with Crippen LogP contribution in [0.3, 0.4) is 0 Å². The summed E-state index contributed by atoms with van der Waals surface area (Å²) in [5.74, 6) is 1.04. The molecule has 84 valence electrons. The zero-order valence-electron chi connectivity index (χ0n) is 8.70. The van der Waals surface area contributed by atoms with Crippen molar-refractivity contribution in [2.24, 2.45) is 0 Å². The van der Waals surface area contributed by atoms with E-state index < -0.39 is 0 Å². The molecular weight excluding hydrogens is 227 g/mol. The smallest absolute Gasteiger partial charge is 0.208 e. The molecule has 0 unspecified atom stereocenters. The molecule has 3 N–H and O–H groups in total. The Morgan fingerprint density at radius 1 is 1.44 bits per heavy atom. The zero-order valence-corrected chi connectivity index (χ0v) is 9.51. The van der Waals surface area contributed by atoms with E-state index in [1.807, 2.05) is 6.92 Å². The second-order valence-electron chi connectivity index (χ2n) is 3.38. The second kappa shape index (κ2) is 4.52. The Balaban J connectivity index is 2.04. The average Bonchev–Trinajstić information content (AvgIpc) is 2.60. The van der Waals surface area contributed by atoms with E-state index >= 15 is 0 Å². The highest BCUT2D eigenvalue weighted by molar-refractivity contribution is 7.98. The number of H-pyrrole nitrogens is 1. The largest absolute Gasteiger partial charge is 0.399 e. The highest BCUT2D eigenvalue weighted by Gasteiger charge is 2.03. The molecule has 1 aromatic carbocycles. The van der Waals surface area contributed by atoms with Gasteiger partial charge in [-0.05, 0) is 30.7 Å². The van der Waals surface area contributed by atoms with Gasteiger partial charge in [-0.1, -0.05) is 11.8 Å². The molecule has 0 saturated carbocycles. The van der Waals surface area contributed by atoms with Crippen LogP contribution in [-0.2, 0) is 5.75 Å². The predicted octanol–water partition coefficient (Wildman–Crippen LogP) is 2.13. The molecule has 4 nitrogen and oxygen atoms in total. The molecule has 0 bridgehead atoms.